The second-order valence-electron chi connectivity index (χ2n) is 3.18. The average Bonchev–Trinajstić information content (AvgIpc) is 2.41. The van der Waals surface area contributed by atoms with Crippen LogP contribution in [0.4, 0.5) is 0 Å². The quantitative estimate of drug-likeness (QED) is 0.370. The number of carbonyl (C=O) groups excluding carboxylic acids is 2. The van der Waals surface area contributed by atoms with Gasteiger partial charge in [0, 0.05) is 11.1 Å². The van der Waals surface area contributed by atoms with Gasteiger partial charge in [-0.15, -0.1) is 0 Å². The predicted octanol–water partition coefficient (Wildman–Crippen LogP) is 3.28. The maximum absolute atomic E-state index is 11.0. The van der Waals surface area contributed by atoms with Crippen molar-refractivity contribution in [2.45, 2.75) is 0 Å². The summed E-state index contributed by atoms with van der Waals surface area (Å²) in [6.45, 7) is 14.3. The third-order valence-corrected chi connectivity index (χ3v) is 2.21. The van der Waals surface area contributed by atoms with Crippen LogP contribution in [0.1, 0.15) is 0 Å². The highest BCUT2D eigenvalue weighted by Gasteiger charge is 2.08. The molecule has 0 bridgehead atoms. The Balaban J connectivity index is 6.24. The topological polar surface area (TPSA) is 34.1 Å². The van der Waals surface area contributed by atoms with Gasteiger partial charge < -0.3 is 0 Å². The SMILES string of the molecule is C=C\C=C/C(=C(/C=C)C=O)C(/C=C)=C(\C=C)C=O. The van der Waals surface area contributed by atoms with E-state index in [2.05, 4.69) is 26.3 Å². The Morgan fingerprint density at radius 2 is 1.22 bits per heavy atom. The second-order valence-corrected chi connectivity index (χ2v) is 3.18. The molecule has 0 aliphatic rings. The van der Waals surface area contributed by atoms with Crippen LogP contribution in [0.2, 0.25) is 0 Å². The number of carbonyl (C=O) groups is 2. The molecule has 0 unspecified atom stereocenters. The molecule has 0 aromatic rings. The van der Waals surface area contributed by atoms with E-state index in [0.29, 0.717) is 34.9 Å². The summed E-state index contributed by atoms with van der Waals surface area (Å²) in [6, 6.07) is 0. The van der Waals surface area contributed by atoms with E-state index in [1.807, 2.05) is 0 Å². The van der Waals surface area contributed by atoms with Gasteiger partial charge in [0.15, 0.2) is 12.6 Å². The Kier molecular flexibility index (Phi) is 7.46. The van der Waals surface area contributed by atoms with Gasteiger partial charge in [0.2, 0.25) is 0 Å². The van der Waals surface area contributed by atoms with Crippen LogP contribution in [0.5, 0.6) is 0 Å². The first-order valence-electron chi connectivity index (χ1n) is 5.25. The first-order chi connectivity index (χ1) is 8.69. The summed E-state index contributed by atoms with van der Waals surface area (Å²) in [6.07, 6.45) is 10.6. The fraction of sp³-hybridized carbons (Fsp3) is 0. The molecule has 2 nitrogen and oxygen atoms in total. The Hall–Kier alpha value is -2.48. The molecule has 0 spiro atoms. The molecule has 0 atom stereocenters. The molecule has 2 heteroatoms. The Labute approximate surface area is 108 Å². The molecule has 0 aromatic heterocycles. The van der Waals surface area contributed by atoms with E-state index in [1.54, 1.807) is 18.2 Å². The van der Waals surface area contributed by atoms with Gasteiger partial charge in [-0.05, 0) is 11.1 Å². The van der Waals surface area contributed by atoms with Crippen molar-refractivity contribution in [2.75, 3.05) is 0 Å². The van der Waals surface area contributed by atoms with Crippen molar-refractivity contribution in [2.24, 2.45) is 0 Å². The van der Waals surface area contributed by atoms with E-state index in [1.165, 1.54) is 18.2 Å². The Morgan fingerprint density at radius 1 is 0.722 bits per heavy atom. The minimum absolute atomic E-state index is 0.356. The molecule has 0 N–H and O–H groups in total. The highest BCUT2D eigenvalue weighted by atomic mass is 16.1. The smallest absolute Gasteiger partial charge is 0.150 e. The van der Waals surface area contributed by atoms with Crippen LogP contribution >= 0.6 is 0 Å². The molecule has 92 valence electrons. The van der Waals surface area contributed by atoms with Crippen LogP contribution in [0, 0.1) is 0 Å². The summed E-state index contributed by atoms with van der Waals surface area (Å²) < 4.78 is 0. The lowest BCUT2D eigenvalue weighted by Gasteiger charge is -2.08. The minimum atomic E-state index is 0.356. The van der Waals surface area contributed by atoms with Crippen molar-refractivity contribution in [1.29, 1.82) is 0 Å². The normalized spacial score (nSPS) is 13.1. The summed E-state index contributed by atoms with van der Waals surface area (Å²) in [7, 11) is 0. The van der Waals surface area contributed by atoms with Crippen LogP contribution < -0.4 is 0 Å². The molecule has 18 heavy (non-hydrogen) atoms. The first kappa shape index (κ1) is 15.5. The number of aldehydes is 2. The third kappa shape index (κ3) is 3.83. The number of hydrogen-bond donors (Lipinski definition) is 0. The summed E-state index contributed by atoms with van der Waals surface area (Å²) in [4.78, 5) is 22.0. The lowest BCUT2D eigenvalue weighted by Crippen LogP contribution is -1.96. The molecule has 0 aliphatic heterocycles. The van der Waals surface area contributed by atoms with Crippen molar-refractivity contribution in [3.05, 3.63) is 85.1 Å². The molecule has 0 aliphatic carbocycles. The molecular formula is C16H16O2. The van der Waals surface area contributed by atoms with Gasteiger partial charge in [0.25, 0.3) is 0 Å². The summed E-state index contributed by atoms with van der Waals surface area (Å²) >= 11 is 0. The number of hydrogen-bond acceptors (Lipinski definition) is 2. The summed E-state index contributed by atoms with van der Waals surface area (Å²) in [5, 5.41) is 0. The summed E-state index contributed by atoms with van der Waals surface area (Å²) in [5.74, 6) is 0. The van der Waals surface area contributed by atoms with Gasteiger partial charge in [-0.25, -0.2) is 0 Å². The average molecular weight is 240 g/mol. The van der Waals surface area contributed by atoms with E-state index in [0.717, 1.165) is 0 Å². The third-order valence-electron chi connectivity index (χ3n) is 2.21. The van der Waals surface area contributed by atoms with Gasteiger partial charge >= 0.3 is 0 Å². The van der Waals surface area contributed by atoms with Gasteiger partial charge in [-0.1, -0.05) is 62.8 Å². The highest BCUT2D eigenvalue weighted by Crippen LogP contribution is 2.21. The van der Waals surface area contributed by atoms with Crippen molar-refractivity contribution in [3.8, 4) is 0 Å². The zero-order chi connectivity index (χ0) is 14.0. The maximum Gasteiger partial charge on any atom is 0.150 e. The van der Waals surface area contributed by atoms with E-state index < -0.39 is 0 Å². The van der Waals surface area contributed by atoms with Crippen LogP contribution in [0.25, 0.3) is 0 Å². The molecular weight excluding hydrogens is 224 g/mol. The van der Waals surface area contributed by atoms with Crippen LogP contribution in [0.3, 0.4) is 0 Å². The second kappa shape index (κ2) is 8.65. The van der Waals surface area contributed by atoms with E-state index in [4.69, 9.17) is 0 Å². The lowest BCUT2D eigenvalue weighted by molar-refractivity contribution is -0.105. The Morgan fingerprint density at radius 3 is 1.56 bits per heavy atom. The fourth-order valence-corrected chi connectivity index (χ4v) is 1.33. The summed E-state index contributed by atoms with van der Waals surface area (Å²) in [5.41, 5.74) is 1.80. The van der Waals surface area contributed by atoms with E-state index in [-0.39, 0.29) is 0 Å². The molecule has 0 aromatic carbocycles. The zero-order valence-electron chi connectivity index (χ0n) is 10.3. The van der Waals surface area contributed by atoms with Crippen molar-refractivity contribution in [3.63, 3.8) is 0 Å². The monoisotopic (exact) mass is 240 g/mol. The highest BCUT2D eigenvalue weighted by molar-refractivity contribution is 5.87. The number of rotatable bonds is 8. The lowest BCUT2D eigenvalue weighted by atomic mass is 9.95. The van der Waals surface area contributed by atoms with E-state index in [9.17, 15) is 9.59 Å². The maximum atomic E-state index is 11.0. The zero-order valence-corrected chi connectivity index (χ0v) is 10.3. The number of allylic oxidation sites excluding steroid dienone is 10. The molecule has 0 fully saturated rings. The van der Waals surface area contributed by atoms with Crippen LogP contribution in [0.15, 0.2) is 85.1 Å². The molecule has 0 radical (unpaired) electrons. The molecule has 0 heterocycles. The largest absolute Gasteiger partial charge is 0.298 e. The standard InChI is InChI=1S/C16H16O2/c1-5-9-10-16(14(7-3)12-18)15(8-4)13(6-2)11-17/h5-12H,1-4H2/b10-9-,15-13+,16-14+. The first-order valence-corrected chi connectivity index (χ1v) is 5.25. The van der Waals surface area contributed by atoms with Crippen molar-refractivity contribution in [1.82, 2.24) is 0 Å². The Bertz CT molecular complexity index is 451. The predicted molar refractivity (Wildman–Crippen MR) is 76.1 cm³/mol. The van der Waals surface area contributed by atoms with Gasteiger partial charge in [0.1, 0.15) is 0 Å². The minimum Gasteiger partial charge on any atom is -0.298 e. The van der Waals surface area contributed by atoms with Crippen molar-refractivity contribution >= 4 is 12.6 Å². The molecule has 0 saturated carbocycles. The van der Waals surface area contributed by atoms with Gasteiger partial charge in [-0.2, -0.15) is 0 Å². The van der Waals surface area contributed by atoms with Gasteiger partial charge in [-0.3, -0.25) is 9.59 Å². The van der Waals surface area contributed by atoms with Crippen LogP contribution in [-0.2, 0) is 9.59 Å². The molecule has 0 saturated heterocycles. The molecule has 0 rings (SSSR count). The van der Waals surface area contributed by atoms with Crippen molar-refractivity contribution < 1.29 is 9.59 Å². The fourth-order valence-electron chi connectivity index (χ4n) is 1.33. The molecule has 0 amide bonds. The van der Waals surface area contributed by atoms with Gasteiger partial charge in [0.05, 0.1) is 0 Å². The van der Waals surface area contributed by atoms with E-state index >= 15 is 0 Å². The van der Waals surface area contributed by atoms with Crippen LogP contribution in [-0.4, -0.2) is 12.6 Å².